The van der Waals surface area contributed by atoms with Crippen molar-refractivity contribution in [2.45, 2.75) is 6.42 Å². The van der Waals surface area contributed by atoms with Gasteiger partial charge in [-0.25, -0.2) is 9.97 Å². The molecule has 1 amide bonds. The molecule has 2 heterocycles. The fourth-order valence-corrected chi connectivity index (χ4v) is 3.25. The first-order chi connectivity index (χ1) is 13.7. The van der Waals surface area contributed by atoms with E-state index in [2.05, 4.69) is 15.3 Å². The molecule has 0 atom stereocenters. The zero-order valence-corrected chi connectivity index (χ0v) is 15.7. The van der Waals surface area contributed by atoms with E-state index in [9.17, 15) is 4.79 Å². The Hall–Kier alpha value is -3.61. The van der Waals surface area contributed by atoms with Gasteiger partial charge in [0.15, 0.2) is 0 Å². The molecule has 0 aliphatic carbocycles. The van der Waals surface area contributed by atoms with Gasteiger partial charge in [-0.3, -0.25) is 4.79 Å². The van der Waals surface area contributed by atoms with Gasteiger partial charge in [0, 0.05) is 24.5 Å². The Labute approximate surface area is 163 Å². The van der Waals surface area contributed by atoms with Gasteiger partial charge in [-0.05, 0) is 36.2 Å². The summed E-state index contributed by atoms with van der Waals surface area (Å²) in [4.78, 5) is 23.4. The average molecular weight is 376 g/mol. The van der Waals surface area contributed by atoms with Crippen LogP contribution in [0.3, 0.4) is 0 Å². The van der Waals surface area contributed by atoms with E-state index in [0.717, 1.165) is 12.1 Å². The number of carbonyl (C=O) groups excluding carboxylic acids is 1. The van der Waals surface area contributed by atoms with Crippen molar-refractivity contribution in [3.8, 4) is 11.5 Å². The van der Waals surface area contributed by atoms with Crippen LogP contribution in [-0.4, -0.2) is 36.6 Å². The summed E-state index contributed by atoms with van der Waals surface area (Å²) < 4.78 is 10.6. The molecule has 1 aliphatic heterocycles. The molecule has 0 bridgehead atoms. The SMILES string of the molecule is COc1ccc(Nc2nccc(C(=O)N3CCc4ccccc43)n2)c(OC)c1. The van der Waals surface area contributed by atoms with Gasteiger partial charge in [-0.1, -0.05) is 18.2 Å². The third-order valence-electron chi connectivity index (χ3n) is 4.66. The third-order valence-corrected chi connectivity index (χ3v) is 4.66. The number of fused-ring (bicyclic) bond motifs is 1. The predicted molar refractivity (Wildman–Crippen MR) is 107 cm³/mol. The lowest BCUT2D eigenvalue weighted by atomic mass is 10.2. The highest BCUT2D eigenvalue weighted by atomic mass is 16.5. The van der Waals surface area contributed by atoms with E-state index < -0.39 is 0 Å². The van der Waals surface area contributed by atoms with Crippen LogP contribution in [0.15, 0.2) is 54.7 Å². The first kappa shape index (κ1) is 17.8. The molecule has 0 radical (unpaired) electrons. The number of rotatable bonds is 5. The van der Waals surface area contributed by atoms with Gasteiger partial charge in [0.25, 0.3) is 5.91 Å². The number of anilines is 3. The van der Waals surface area contributed by atoms with Crippen LogP contribution in [0.4, 0.5) is 17.3 Å². The molecule has 2 aromatic carbocycles. The highest BCUT2D eigenvalue weighted by Gasteiger charge is 2.26. The molecule has 1 aromatic heterocycles. The van der Waals surface area contributed by atoms with Crippen LogP contribution >= 0.6 is 0 Å². The number of nitrogens with zero attached hydrogens (tertiary/aromatic N) is 3. The molecule has 1 N–H and O–H groups in total. The van der Waals surface area contributed by atoms with Crippen molar-refractivity contribution in [1.82, 2.24) is 9.97 Å². The number of ether oxygens (including phenoxy) is 2. The minimum atomic E-state index is -0.142. The molecule has 3 aromatic rings. The van der Waals surface area contributed by atoms with Gasteiger partial charge in [0.1, 0.15) is 17.2 Å². The minimum absolute atomic E-state index is 0.142. The molecule has 0 saturated heterocycles. The van der Waals surface area contributed by atoms with Gasteiger partial charge in [0.2, 0.25) is 5.95 Å². The Morgan fingerprint density at radius 1 is 1.11 bits per heavy atom. The van der Waals surface area contributed by atoms with Gasteiger partial charge >= 0.3 is 0 Å². The third kappa shape index (κ3) is 3.34. The fraction of sp³-hybridized carbons (Fsp3) is 0.190. The molecule has 1 aliphatic rings. The normalized spacial score (nSPS) is 12.4. The molecule has 0 saturated carbocycles. The Morgan fingerprint density at radius 2 is 1.96 bits per heavy atom. The highest BCUT2D eigenvalue weighted by molar-refractivity contribution is 6.06. The molecule has 0 unspecified atom stereocenters. The van der Waals surface area contributed by atoms with Gasteiger partial charge in [-0.15, -0.1) is 0 Å². The van der Waals surface area contributed by atoms with Crippen molar-refractivity contribution in [3.63, 3.8) is 0 Å². The molecule has 28 heavy (non-hydrogen) atoms. The quantitative estimate of drug-likeness (QED) is 0.735. The highest BCUT2D eigenvalue weighted by Crippen LogP contribution is 2.31. The lowest BCUT2D eigenvalue weighted by molar-refractivity contribution is 0.0984. The van der Waals surface area contributed by atoms with E-state index >= 15 is 0 Å². The maximum absolute atomic E-state index is 13.0. The van der Waals surface area contributed by atoms with Crippen molar-refractivity contribution in [2.24, 2.45) is 0 Å². The lowest BCUT2D eigenvalue weighted by Crippen LogP contribution is -2.29. The van der Waals surface area contributed by atoms with Crippen LogP contribution in [-0.2, 0) is 6.42 Å². The lowest BCUT2D eigenvalue weighted by Gasteiger charge is -2.17. The second-order valence-corrected chi connectivity index (χ2v) is 6.29. The maximum atomic E-state index is 13.0. The topological polar surface area (TPSA) is 76.6 Å². The van der Waals surface area contributed by atoms with E-state index in [-0.39, 0.29) is 5.91 Å². The van der Waals surface area contributed by atoms with E-state index in [4.69, 9.17) is 9.47 Å². The molecule has 0 fully saturated rings. The number of amides is 1. The maximum Gasteiger partial charge on any atom is 0.277 e. The summed E-state index contributed by atoms with van der Waals surface area (Å²) in [5.41, 5.74) is 3.13. The first-order valence-corrected chi connectivity index (χ1v) is 8.91. The summed E-state index contributed by atoms with van der Waals surface area (Å²) in [5.74, 6) is 1.45. The molecule has 0 spiro atoms. The van der Waals surface area contributed by atoms with Crippen LogP contribution < -0.4 is 19.7 Å². The number of nitrogens with one attached hydrogen (secondary N) is 1. The van der Waals surface area contributed by atoms with Crippen LogP contribution in [0.1, 0.15) is 16.1 Å². The van der Waals surface area contributed by atoms with Gasteiger partial charge in [-0.2, -0.15) is 0 Å². The molecular weight excluding hydrogens is 356 g/mol. The van der Waals surface area contributed by atoms with E-state index in [1.807, 2.05) is 30.3 Å². The van der Waals surface area contributed by atoms with Crippen molar-refractivity contribution < 1.29 is 14.3 Å². The van der Waals surface area contributed by atoms with Crippen molar-refractivity contribution in [2.75, 3.05) is 31.0 Å². The van der Waals surface area contributed by atoms with Crippen LogP contribution in [0.2, 0.25) is 0 Å². The fourth-order valence-electron chi connectivity index (χ4n) is 3.25. The van der Waals surface area contributed by atoms with Crippen molar-refractivity contribution in [1.29, 1.82) is 0 Å². The number of para-hydroxylation sites is 1. The molecular formula is C21H20N4O3. The van der Waals surface area contributed by atoms with Crippen molar-refractivity contribution in [3.05, 3.63) is 66.0 Å². The number of aromatic nitrogens is 2. The van der Waals surface area contributed by atoms with Crippen LogP contribution in [0, 0.1) is 0 Å². The second kappa shape index (κ2) is 7.56. The number of methoxy groups -OCH3 is 2. The van der Waals surface area contributed by atoms with Gasteiger partial charge < -0.3 is 19.7 Å². The average Bonchev–Trinajstić information content (AvgIpc) is 3.18. The molecule has 4 rings (SSSR count). The van der Waals surface area contributed by atoms with Crippen LogP contribution in [0.5, 0.6) is 11.5 Å². The van der Waals surface area contributed by atoms with Crippen LogP contribution in [0.25, 0.3) is 0 Å². The zero-order valence-electron chi connectivity index (χ0n) is 15.7. The molecule has 7 heteroatoms. The minimum Gasteiger partial charge on any atom is -0.497 e. The number of carbonyl (C=O) groups is 1. The summed E-state index contributed by atoms with van der Waals surface area (Å²) >= 11 is 0. The van der Waals surface area contributed by atoms with Crippen molar-refractivity contribution >= 4 is 23.2 Å². The molecule has 7 nitrogen and oxygen atoms in total. The smallest absolute Gasteiger partial charge is 0.277 e. The first-order valence-electron chi connectivity index (χ1n) is 8.91. The Morgan fingerprint density at radius 3 is 2.79 bits per heavy atom. The van der Waals surface area contributed by atoms with Gasteiger partial charge in [0.05, 0.1) is 19.9 Å². The summed E-state index contributed by atoms with van der Waals surface area (Å²) in [5, 5.41) is 3.11. The Bertz CT molecular complexity index is 1020. The Balaban J connectivity index is 1.58. The number of benzene rings is 2. The Kier molecular flexibility index (Phi) is 4.80. The number of hydrogen-bond acceptors (Lipinski definition) is 6. The largest absolute Gasteiger partial charge is 0.497 e. The summed E-state index contributed by atoms with van der Waals surface area (Å²) in [6.07, 6.45) is 2.42. The summed E-state index contributed by atoms with van der Waals surface area (Å²) in [6, 6.07) is 14.9. The summed E-state index contributed by atoms with van der Waals surface area (Å²) in [7, 11) is 3.17. The molecule has 142 valence electrons. The predicted octanol–water partition coefficient (Wildman–Crippen LogP) is 3.44. The van der Waals surface area contributed by atoms with E-state index in [0.29, 0.717) is 35.4 Å². The number of hydrogen-bond donors (Lipinski definition) is 1. The monoisotopic (exact) mass is 376 g/mol. The second-order valence-electron chi connectivity index (χ2n) is 6.29. The van der Waals surface area contributed by atoms with E-state index in [1.54, 1.807) is 43.5 Å². The van der Waals surface area contributed by atoms with E-state index in [1.165, 1.54) is 5.56 Å². The zero-order chi connectivity index (χ0) is 19.5. The standard InChI is InChI=1S/C21H20N4O3/c1-27-15-7-8-16(19(13-15)28-2)23-21-22-11-9-17(24-21)20(26)25-12-10-14-5-3-4-6-18(14)25/h3-9,11,13H,10,12H2,1-2H3,(H,22,23,24). The summed E-state index contributed by atoms with van der Waals surface area (Å²) in [6.45, 7) is 0.650.